The van der Waals surface area contributed by atoms with Crippen molar-refractivity contribution >= 4 is 45.9 Å². The Bertz CT molecular complexity index is 1480. The Morgan fingerprint density at radius 3 is 2.63 bits per heavy atom. The lowest BCUT2D eigenvalue weighted by atomic mass is 10.1. The lowest BCUT2D eigenvalue weighted by Crippen LogP contribution is -2.32. The van der Waals surface area contributed by atoms with Crippen LogP contribution in [0.1, 0.15) is 25.8 Å². The fraction of sp³-hybridized carbons (Fsp3) is 0.292. The minimum Gasteiger partial charge on any atom is -0.354 e. The molecule has 0 radical (unpaired) electrons. The van der Waals surface area contributed by atoms with Crippen molar-refractivity contribution in [2.75, 3.05) is 11.1 Å². The number of carbonyl (C=O) groups excluding carboxylic acids is 2. The van der Waals surface area contributed by atoms with E-state index in [9.17, 15) is 18.8 Å². The van der Waals surface area contributed by atoms with Gasteiger partial charge in [0.1, 0.15) is 5.82 Å². The molecule has 0 aliphatic heterocycles. The van der Waals surface area contributed by atoms with Gasteiger partial charge in [-0.3, -0.25) is 23.4 Å². The van der Waals surface area contributed by atoms with Gasteiger partial charge in [-0.15, -0.1) is 10.2 Å². The van der Waals surface area contributed by atoms with Crippen molar-refractivity contribution in [3.63, 3.8) is 0 Å². The number of para-hydroxylation sites is 1. The lowest BCUT2D eigenvalue weighted by molar-refractivity contribution is -0.121. The highest BCUT2D eigenvalue weighted by atomic mass is 32.2. The van der Waals surface area contributed by atoms with Crippen LogP contribution in [0.15, 0.2) is 52.4 Å². The minimum atomic E-state index is -0.523. The fourth-order valence-corrected chi connectivity index (χ4v) is 4.42. The summed E-state index contributed by atoms with van der Waals surface area (Å²) in [5.74, 6) is -0.867. The van der Waals surface area contributed by atoms with Crippen LogP contribution in [0.3, 0.4) is 0 Å². The van der Waals surface area contributed by atoms with E-state index in [1.807, 2.05) is 32.9 Å². The molecule has 0 bridgehead atoms. The Morgan fingerprint density at radius 1 is 1.11 bits per heavy atom. The number of thioether (sulfide) groups is 1. The summed E-state index contributed by atoms with van der Waals surface area (Å²) < 4.78 is 17.0. The van der Waals surface area contributed by atoms with Crippen LogP contribution in [0.5, 0.6) is 0 Å². The second kappa shape index (κ2) is 10.3. The highest BCUT2D eigenvalue weighted by Crippen LogP contribution is 2.23. The zero-order valence-corrected chi connectivity index (χ0v) is 20.4. The third kappa shape index (κ3) is 5.35. The molecule has 4 aromatic rings. The normalized spacial score (nSPS) is 11.3. The van der Waals surface area contributed by atoms with Gasteiger partial charge in [0, 0.05) is 19.0 Å². The molecule has 0 saturated heterocycles. The molecule has 2 aromatic carbocycles. The zero-order valence-electron chi connectivity index (χ0n) is 19.5. The second-order valence-electron chi connectivity index (χ2n) is 8.38. The molecule has 2 heterocycles. The number of benzene rings is 2. The lowest BCUT2D eigenvalue weighted by Gasteiger charge is -2.13. The number of rotatable bonds is 8. The molecule has 0 aliphatic rings. The molecule has 0 saturated carbocycles. The summed E-state index contributed by atoms with van der Waals surface area (Å²) in [7, 11) is 0. The van der Waals surface area contributed by atoms with Gasteiger partial charge in [-0.25, -0.2) is 4.39 Å². The van der Waals surface area contributed by atoms with E-state index in [4.69, 9.17) is 0 Å². The monoisotopic (exact) mass is 496 g/mol. The van der Waals surface area contributed by atoms with Crippen LogP contribution in [-0.4, -0.2) is 42.8 Å². The first kappa shape index (κ1) is 24.4. The summed E-state index contributed by atoms with van der Waals surface area (Å²) in [5.41, 5.74) is 1.33. The van der Waals surface area contributed by atoms with Gasteiger partial charge in [-0.1, -0.05) is 35.5 Å². The van der Waals surface area contributed by atoms with E-state index in [0.717, 1.165) is 17.3 Å². The van der Waals surface area contributed by atoms with Crippen LogP contribution < -0.4 is 16.2 Å². The van der Waals surface area contributed by atoms with Gasteiger partial charge in [-0.05, 0) is 45.0 Å². The molecule has 4 rings (SSSR count). The molecule has 35 heavy (non-hydrogen) atoms. The Kier molecular flexibility index (Phi) is 7.15. The maximum atomic E-state index is 13.9. The van der Waals surface area contributed by atoms with Gasteiger partial charge in [0.2, 0.25) is 17.6 Å². The molecule has 0 unspecified atom stereocenters. The Hall–Kier alpha value is -3.73. The number of anilines is 1. The average molecular weight is 497 g/mol. The molecule has 2 aromatic heterocycles. The predicted octanol–water partition coefficient (Wildman–Crippen LogP) is 3.14. The van der Waals surface area contributed by atoms with Crippen LogP contribution in [0, 0.1) is 12.7 Å². The number of hydrogen-bond donors (Lipinski definition) is 2. The van der Waals surface area contributed by atoms with Gasteiger partial charge in [0.05, 0.1) is 22.3 Å². The van der Waals surface area contributed by atoms with Crippen LogP contribution in [0.4, 0.5) is 10.1 Å². The summed E-state index contributed by atoms with van der Waals surface area (Å²) in [4.78, 5) is 37.9. The van der Waals surface area contributed by atoms with E-state index < -0.39 is 11.7 Å². The van der Waals surface area contributed by atoms with Gasteiger partial charge in [0.25, 0.3) is 5.56 Å². The van der Waals surface area contributed by atoms with Crippen molar-refractivity contribution in [1.29, 1.82) is 0 Å². The molecule has 0 atom stereocenters. The number of nitrogens with one attached hydrogen (secondary N) is 2. The summed E-state index contributed by atoms with van der Waals surface area (Å²) in [6.07, 6.45) is 0.103. The largest absolute Gasteiger partial charge is 0.354 e. The predicted molar refractivity (Wildman–Crippen MR) is 133 cm³/mol. The summed E-state index contributed by atoms with van der Waals surface area (Å²) >= 11 is 1.12. The number of halogens is 1. The summed E-state index contributed by atoms with van der Waals surface area (Å²) in [5, 5.41) is 14.6. The molecule has 9 nitrogen and oxygen atoms in total. The third-order valence-corrected chi connectivity index (χ3v) is 6.15. The minimum absolute atomic E-state index is 0.00917. The standard InChI is InChI=1S/C24H25FN6O3S/c1-14(2)26-20(32)10-11-30-22(34)16-12-15(3)8-9-19(16)31-23(30)28-29-24(31)35-13-21(33)27-18-7-5-4-6-17(18)25/h4-9,12,14H,10-11,13H2,1-3H3,(H,26,32)(H,27,33). The SMILES string of the molecule is Cc1ccc2c(c1)c(=O)n(CCC(=O)NC(C)C)c1nnc(SCC(=O)Nc3ccccc3F)n21. The molecule has 0 fully saturated rings. The van der Waals surface area contributed by atoms with Crippen molar-refractivity contribution in [3.05, 3.63) is 64.2 Å². The van der Waals surface area contributed by atoms with Gasteiger partial charge in [-0.2, -0.15) is 0 Å². The fourth-order valence-electron chi connectivity index (χ4n) is 3.68. The van der Waals surface area contributed by atoms with Gasteiger partial charge < -0.3 is 10.6 Å². The number of nitrogens with zero attached hydrogens (tertiary/aromatic N) is 4. The first-order valence-corrected chi connectivity index (χ1v) is 12.1. The molecule has 0 spiro atoms. The maximum Gasteiger partial charge on any atom is 0.262 e. The van der Waals surface area contributed by atoms with Crippen molar-refractivity contribution in [2.24, 2.45) is 0 Å². The van der Waals surface area contributed by atoms with Crippen molar-refractivity contribution < 1.29 is 14.0 Å². The molecule has 2 amide bonds. The van der Waals surface area contributed by atoms with Crippen molar-refractivity contribution in [3.8, 4) is 0 Å². The van der Waals surface area contributed by atoms with E-state index in [-0.39, 0.29) is 47.7 Å². The Labute approximate surface area is 204 Å². The number of fused-ring (bicyclic) bond motifs is 3. The number of aromatic nitrogens is 4. The molecule has 182 valence electrons. The zero-order chi connectivity index (χ0) is 25.1. The van der Waals surface area contributed by atoms with Crippen LogP contribution in [-0.2, 0) is 16.1 Å². The molecular formula is C24H25FN6O3S. The molecule has 0 aliphatic carbocycles. The number of hydrogen-bond acceptors (Lipinski definition) is 6. The summed E-state index contributed by atoms with van der Waals surface area (Å²) in [6.45, 7) is 5.75. The van der Waals surface area contributed by atoms with Gasteiger partial charge in [0.15, 0.2) is 5.16 Å². The van der Waals surface area contributed by atoms with E-state index >= 15 is 0 Å². The highest BCUT2D eigenvalue weighted by Gasteiger charge is 2.19. The maximum absolute atomic E-state index is 13.9. The Morgan fingerprint density at radius 2 is 1.89 bits per heavy atom. The quantitative estimate of drug-likeness (QED) is 0.363. The number of carbonyl (C=O) groups is 2. The molecular weight excluding hydrogens is 471 g/mol. The van der Waals surface area contributed by atoms with Crippen molar-refractivity contribution in [2.45, 2.75) is 44.9 Å². The second-order valence-corrected chi connectivity index (χ2v) is 9.33. The van der Waals surface area contributed by atoms with E-state index in [1.54, 1.807) is 22.6 Å². The van der Waals surface area contributed by atoms with E-state index in [1.165, 1.54) is 16.7 Å². The Balaban J connectivity index is 1.66. The number of aryl methyl sites for hydroxylation is 2. The third-order valence-electron chi connectivity index (χ3n) is 5.22. The number of amides is 2. The van der Waals surface area contributed by atoms with E-state index in [0.29, 0.717) is 16.1 Å². The summed E-state index contributed by atoms with van der Waals surface area (Å²) in [6, 6.07) is 11.4. The highest BCUT2D eigenvalue weighted by molar-refractivity contribution is 7.99. The first-order chi connectivity index (χ1) is 16.7. The van der Waals surface area contributed by atoms with Crippen LogP contribution in [0.25, 0.3) is 16.7 Å². The molecule has 11 heteroatoms. The van der Waals surface area contributed by atoms with Crippen LogP contribution in [0.2, 0.25) is 0 Å². The van der Waals surface area contributed by atoms with Gasteiger partial charge >= 0.3 is 0 Å². The first-order valence-electron chi connectivity index (χ1n) is 11.1. The van der Waals surface area contributed by atoms with Crippen LogP contribution >= 0.6 is 11.8 Å². The average Bonchev–Trinajstić information content (AvgIpc) is 3.22. The van der Waals surface area contributed by atoms with E-state index in [2.05, 4.69) is 20.8 Å². The topological polar surface area (TPSA) is 110 Å². The molecule has 2 N–H and O–H groups in total. The van der Waals surface area contributed by atoms with Crippen molar-refractivity contribution in [1.82, 2.24) is 24.5 Å². The smallest absolute Gasteiger partial charge is 0.262 e.